The topological polar surface area (TPSA) is 117 Å². The Morgan fingerprint density at radius 1 is 1.41 bits per heavy atom. The van der Waals surface area contributed by atoms with Crippen molar-refractivity contribution in [1.82, 2.24) is 35.3 Å². The fraction of sp³-hybridized carbons (Fsp3) is 0.684. The van der Waals surface area contributed by atoms with Crippen LogP contribution in [-0.4, -0.2) is 61.5 Å². The lowest BCUT2D eigenvalue weighted by atomic mass is 10.0. The molecule has 0 aromatic carbocycles. The molecule has 0 radical (unpaired) electrons. The second kappa shape index (κ2) is 9.66. The van der Waals surface area contributed by atoms with Crippen LogP contribution in [0.25, 0.3) is 0 Å². The first-order valence-electron chi connectivity index (χ1n) is 10.5. The Balaban J connectivity index is 1.55. The van der Waals surface area contributed by atoms with E-state index in [1.165, 1.54) is 4.68 Å². The molecule has 2 aliphatic heterocycles. The van der Waals surface area contributed by atoms with Gasteiger partial charge in [-0.15, -0.1) is 22.5 Å². The summed E-state index contributed by atoms with van der Waals surface area (Å²) in [4.78, 5) is 0. The molecule has 32 heavy (non-hydrogen) atoms. The van der Waals surface area contributed by atoms with Crippen molar-refractivity contribution in [3.63, 3.8) is 0 Å². The molecule has 0 spiro atoms. The van der Waals surface area contributed by atoms with Crippen LogP contribution in [0.1, 0.15) is 49.5 Å². The lowest BCUT2D eigenvalue weighted by molar-refractivity contribution is -0.0539. The summed E-state index contributed by atoms with van der Waals surface area (Å²) in [5, 5.41) is 27.7. The molecular formula is C19H25F2N9O2. The maximum absolute atomic E-state index is 13.0. The van der Waals surface area contributed by atoms with Crippen LogP contribution in [0, 0.1) is 12.3 Å². The van der Waals surface area contributed by atoms with Crippen molar-refractivity contribution in [2.75, 3.05) is 13.2 Å². The second-order valence-corrected chi connectivity index (χ2v) is 7.82. The van der Waals surface area contributed by atoms with Crippen molar-refractivity contribution >= 4 is 0 Å². The number of nitrogens with one attached hydrogen (secondary N) is 1. The highest BCUT2D eigenvalue weighted by atomic mass is 19.3. The lowest BCUT2D eigenvalue weighted by Crippen LogP contribution is -2.31. The van der Waals surface area contributed by atoms with Crippen molar-refractivity contribution < 1.29 is 18.3 Å². The number of ether oxygens (including phenoxy) is 2. The van der Waals surface area contributed by atoms with Crippen LogP contribution in [0.3, 0.4) is 0 Å². The summed E-state index contributed by atoms with van der Waals surface area (Å²) in [6, 6.07) is -0.641. The van der Waals surface area contributed by atoms with E-state index in [1.54, 1.807) is 17.9 Å². The van der Waals surface area contributed by atoms with E-state index in [1.807, 2.05) is 0 Å². The van der Waals surface area contributed by atoms with Gasteiger partial charge in [0.2, 0.25) is 5.88 Å². The largest absolute Gasteiger partial charge is 0.415 e. The maximum atomic E-state index is 13.0. The summed E-state index contributed by atoms with van der Waals surface area (Å²) >= 11 is 0. The Morgan fingerprint density at radius 3 is 2.94 bits per heavy atom. The van der Waals surface area contributed by atoms with Crippen molar-refractivity contribution in [2.45, 2.75) is 63.1 Å². The average molecular weight is 449 g/mol. The predicted octanol–water partition coefficient (Wildman–Crippen LogP) is 1.83. The van der Waals surface area contributed by atoms with E-state index in [0.29, 0.717) is 50.3 Å². The summed E-state index contributed by atoms with van der Waals surface area (Å²) in [5.74, 6) is 2.87. The summed E-state index contributed by atoms with van der Waals surface area (Å²) in [5.41, 5.74) is -0.0800. The van der Waals surface area contributed by atoms with Crippen LogP contribution in [0.5, 0.6) is 5.88 Å². The third kappa shape index (κ3) is 5.25. The van der Waals surface area contributed by atoms with Crippen LogP contribution >= 0.6 is 0 Å². The second-order valence-electron chi connectivity index (χ2n) is 7.82. The number of nitrogens with zero attached hydrogens (tertiary/aromatic N) is 8. The number of terminal acetylenes is 1. The number of hydrogen-bond acceptors (Lipinski definition) is 9. The molecule has 1 saturated heterocycles. The summed E-state index contributed by atoms with van der Waals surface area (Å²) in [6.45, 7) is -1.38. The van der Waals surface area contributed by atoms with Crippen molar-refractivity contribution in [3.8, 4) is 18.2 Å². The smallest absolute Gasteiger partial charge is 0.388 e. The van der Waals surface area contributed by atoms with E-state index in [-0.39, 0.29) is 12.0 Å². The Kier molecular flexibility index (Phi) is 6.71. The summed E-state index contributed by atoms with van der Waals surface area (Å²) < 4.78 is 39.4. The Labute approximate surface area is 183 Å². The Hall–Kier alpha value is -2.98. The summed E-state index contributed by atoms with van der Waals surface area (Å²) in [7, 11) is 1.63. The van der Waals surface area contributed by atoms with Crippen molar-refractivity contribution in [2.24, 2.45) is 17.3 Å². The van der Waals surface area contributed by atoms with Crippen molar-refractivity contribution in [1.29, 1.82) is 0 Å². The molecule has 172 valence electrons. The van der Waals surface area contributed by atoms with Gasteiger partial charge in [-0.3, -0.25) is 4.68 Å². The van der Waals surface area contributed by atoms with Gasteiger partial charge < -0.3 is 14.8 Å². The molecule has 0 amide bonds. The zero-order valence-electron chi connectivity index (χ0n) is 17.7. The number of rotatable bonds is 12. The molecule has 4 rings (SSSR count). The van der Waals surface area contributed by atoms with E-state index >= 15 is 0 Å². The van der Waals surface area contributed by atoms with E-state index in [0.717, 1.165) is 12.8 Å². The molecule has 1 fully saturated rings. The van der Waals surface area contributed by atoms with Gasteiger partial charge in [-0.1, -0.05) is 0 Å². The maximum Gasteiger partial charge on any atom is 0.388 e. The minimum atomic E-state index is -3.01. The van der Waals surface area contributed by atoms with Gasteiger partial charge in [0.1, 0.15) is 6.04 Å². The van der Waals surface area contributed by atoms with Crippen molar-refractivity contribution in [3.05, 3.63) is 17.6 Å². The fourth-order valence-electron chi connectivity index (χ4n) is 3.82. The first kappa shape index (κ1) is 22.2. The van der Waals surface area contributed by atoms with Gasteiger partial charge in [-0.25, -0.2) is 4.68 Å². The first-order valence-corrected chi connectivity index (χ1v) is 10.5. The number of halogens is 2. The molecule has 0 bridgehead atoms. The average Bonchev–Trinajstić information content (AvgIpc) is 3.11. The van der Waals surface area contributed by atoms with Gasteiger partial charge in [-0.2, -0.15) is 19.0 Å². The molecule has 13 heteroatoms. The van der Waals surface area contributed by atoms with Gasteiger partial charge >= 0.3 is 6.61 Å². The predicted molar refractivity (Wildman–Crippen MR) is 107 cm³/mol. The molecule has 2 unspecified atom stereocenters. The van der Waals surface area contributed by atoms with Crippen LogP contribution < -0.4 is 10.1 Å². The Morgan fingerprint density at radius 2 is 2.25 bits per heavy atom. The zero-order valence-corrected chi connectivity index (χ0v) is 17.7. The molecule has 2 aromatic rings. The highest BCUT2D eigenvalue weighted by Crippen LogP contribution is 2.37. The molecule has 2 aromatic heterocycles. The number of hydrogen-bond donors (Lipinski definition) is 1. The van der Waals surface area contributed by atoms with Gasteiger partial charge in [-0.05, 0) is 23.3 Å². The molecule has 0 aliphatic carbocycles. The van der Waals surface area contributed by atoms with Gasteiger partial charge in [0.05, 0.1) is 18.2 Å². The molecule has 2 aliphatic rings. The van der Waals surface area contributed by atoms with Crippen LogP contribution in [0.2, 0.25) is 0 Å². The minimum absolute atomic E-state index is 0.000297. The SMILES string of the molecule is C#CCCC1(CCNC(c2cn(C)nc2OC(F)F)c2nnnn2CC2CCCO2)N=N1. The number of tetrazole rings is 1. The molecule has 1 N–H and O–H groups in total. The van der Waals surface area contributed by atoms with Gasteiger partial charge in [0.25, 0.3) is 0 Å². The summed E-state index contributed by atoms with van der Waals surface area (Å²) in [6.07, 6.45) is 10.7. The highest BCUT2D eigenvalue weighted by Gasteiger charge is 2.39. The third-order valence-corrected chi connectivity index (χ3v) is 5.48. The van der Waals surface area contributed by atoms with Gasteiger partial charge in [0, 0.05) is 45.7 Å². The molecule has 11 nitrogen and oxygen atoms in total. The normalized spacial score (nSPS) is 19.9. The third-order valence-electron chi connectivity index (χ3n) is 5.48. The first-order chi connectivity index (χ1) is 15.5. The quantitative estimate of drug-likeness (QED) is 0.491. The molecule has 4 heterocycles. The van der Waals surface area contributed by atoms with Crippen LogP contribution in [0.15, 0.2) is 16.4 Å². The number of aryl methyl sites for hydroxylation is 1. The Bertz CT molecular complexity index is 972. The zero-order chi connectivity index (χ0) is 22.6. The molecule has 2 atom stereocenters. The number of alkyl halides is 2. The van der Waals surface area contributed by atoms with Crippen LogP contribution in [0.4, 0.5) is 8.78 Å². The lowest BCUT2D eigenvalue weighted by Gasteiger charge is -2.20. The standard InChI is InChI=1S/C19H25F2N9O2/c1-3-4-7-19(25-26-19)8-9-22-15(14-12-29(2)24-17(14)32-18(20)21)16-23-27-28-30(16)11-13-6-5-10-31-13/h1,12-13,15,18,22H,4-11H2,2H3. The molecule has 0 saturated carbocycles. The van der Waals surface area contributed by atoms with E-state index in [4.69, 9.17) is 11.2 Å². The van der Waals surface area contributed by atoms with Crippen LogP contribution in [-0.2, 0) is 18.3 Å². The van der Waals surface area contributed by atoms with Gasteiger partial charge in [0.15, 0.2) is 11.5 Å². The minimum Gasteiger partial charge on any atom is -0.415 e. The fourth-order valence-corrected chi connectivity index (χ4v) is 3.82. The van der Waals surface area contributed by atoms with E-state index < -0.39 is 18.3 Å². The number of aromatic nitrogens is 6. The highest BCUT2D eigenvalue weighted by molar-refractivity contribution is 5.31. The van der Waals surface area contributed by atoms with E-state index in [9.17, 15) is 8.78 Å². The molecular weight excluding hydrogens is 424 g/mol. The van der Waals surface area contributed by atoms with E-state index in [2.05, 4.69) is 46.8 Å². The monoisotopic (exact) mass is 449 g/mol.